The van der Waals surface area contributed by atoms with E-state index in [1.807, 2.05) is 29.6 Å². The number of rotatable bonds is 5. The smallest absolute Gasteiger partial charge is 0.226 e. The highest BCUT2D eigenvalue weighted by Crippen LogP contribution is 2.26. The van der Waals surface area contributed by atoms with Crippen molar-refractivity contribution in [2.45, 2.75) is 26.7 Å². The molecule has 0 aliphatic carbocycles. The van der Waals surface area contributed by atoms with Crippen LogP contribution in [0.3, 0.4) is 0 Å². The predicted octanol–water partition coefficient (Wildman–Crippen LogP) is 3.77. The van der Waals surface area contributed by atoms with E-state index in [4.69, 9.17) is 5.73 Å². The fourth-order valence-corrected chi connectivity index (χ4v) is 2.53. The number of nitrogen functional groups attached to an aromatic ring is 1. The lowest BCUT2D eigenvalue weighted by molar-refractivity contribution is -0.117. The molecule has 1 atom stereocenters. The average Bonchev–Trinajstić information content (AvgIpc) is 2.87. The number of amides is 1. The fraction of sp³-hybridized carbons (Fsp3) is 0.333. The first-order valence-electron chi connectivity index (χ1n) is 6.69. The van der Waals surface area contributed by atoms with E-state index in [-0.39, 0.29) is 5.91 Å². The van der Waals surface area contributed by atoms with E-state index in [2.05, 4.69) is 24.1 Å². The van der Waals surface area contributed by atoms with Gasteiger partial charge >= 0.3 is 0 Å². The first-order chi connectivity index (χ1) is 9.58. The molecule has 0 spiro atoms. The standard InChI is InChI=1S/C15H19N3OS/c1-3-10(2)7-14(19)18-15-17-13(9-20-15)11-5-4-6-12(16)8-11/h4-6,8-10H,3,7,16H2,1-2H3,(H,17,18,19). The molecule has 2 rings (SSSR count). The number of nitrogens with zero attached hydrogens (tertiary/aromatic N) is 1. The summed E-state index contributed by atoms with van der Waals surface area (Å²) in [5, 5.41) is 5.41. The third kappa shape index (κ3) is 3.81. The first-order valence-corrected chi connectivity index (χ1v) is 7.57. The molecule has 0 saturated carbocycles. The number of anilines is 2. The minimum Gasteiger partial charge on any atom is -0.399 e. The number of thiazole rings is 1. The van der Waals surface area contributed by atoms with Gasteiger partial charge in [0.05, 0.1) is 5.69 Å². The minimum absolute atomic E-state index is 0.0211. The first kappa shape index (κ1) is 14.5. The highest BCUT2D eigenvalue weighted by atomic mass is 32.1. The molecule has 1 amide bonds. The van der Waals surface area contributed by atoms with E-state index < -0.39 is 0 Å². The quantitative estimate of drug-likeness (QED) is 0.823. The molecule has 0 fully saturated rings. The van der Waals surface area contributed by atoms with Gasteiger partial charge in [-0.3, -0.25) is 4.79 Å². The summed E-state index contributed by atoms with van der Waals surface area (Å²) in [7, 11) is 0. The Bertz CT molecular complexity index is 594. The molecule has 0 aliphatic heterocycles. The van der Waals surface area contributed by atoms with Crippen LogP contribution in [0.25, 0.3) is 11.3 Å². The summed E-state index contributed by atoms with van der Waals surface area (Å²) >= 11 is 1.43. The number of nitrogens with two attached hydrogens (primary N) is 1. The summed E-state index contributed by atoms with van der Waals surface area (Å²) in [6.07, 6.45) is 1.53. The van der Waals surface area contributed by atoms with E-state index in [1.165, 1.54) is 11.3 Å². The van der Waals surface area contributed by atoms with Gasteiger partial charge in [0.1, 0.15) is 0 Å². The number of carbonyl (C=O) groups is 1. The molecule has 0 bridgehead atoms. The van der Waals surface area contributed by atoms with Gasteiger partial charge in [-0.1, -0.05) is 32.4 Å². The molecule has 2 aromatic rings. The maximum atomic E-state index is 11.8. The Morgan fingerprint density at radius 3 is 3.00 bits per heavy atom. The van der Waals surface area contributed by atoms with E-state index in [1.54, 1.807) is 0 Å². The van der Waals surface area contributed by atoms with E-state index in [0.717, 1.165) is 17.7 Å². The topological polar surface area (TPSA) is 68.0 Å². The molecule has 3 N–H and O–H groups in total. The summed E-state index contributed by atoms with van der Waals surface area (Å²) < 4.78 is 0. The summed E-state index contributed by atoms with van der Waals surface area (Å²) in [6, 6.07) is 7.56. The van der Waals surface area contributed by atoms with Crippen LogP contribution in [0.15, 0.2) is 29.6 Å². The number of carbonyl (C=O) groups excluding carboxylic acids is 1. The van der Waals surface area contributed by atoms with Crippen molar-refractivity contribution >= 4 is 28.1 Å². The molecule has 1 unspecified atom stereocenters. The van der Waals surface area contributed by atoms with Gasteiger partial charge in [-0.05, 0) is 18.1 Å². The highest BCUT2D eigenvalue weighted by molar-refractivity contribution is 7.14. The third-order valence-corrected chi connectivity index (χ3v) is 3.92. The van der Waals surface area contributed by atoms with Crippen LogP contribution in [0.5, 0.6) is 0 Å². The maximum absolute atomic E-state index is 11.8. The molecule has 20 heavy (non-hydrogen) atoms. The summed E-state index contributed by atoms with van der Waals surface area (Å²) in [4.78, 5) is 16.2. The zero-order chi connectivity index (χ0) is 14.5. The van der Waals surface area contributed by atoms with Crippen molar-refractivity contribution in [1.82, 2.24) is 4.98 Å². The highest BCUT2D eigenvalue weighted by Gasteiger charge is 2.10. The van der Waals surface area contributed by atoms with Gasteiger partial charge in [-0.25, -0.2) is 4.98 Å². The lowest BCUT2D eigenvalue weighted by Crippen LogP contribution is -2.14. The largest absolute Gasteiger partial charge is 0.399 e. The molecular formula is C15H19N3OS. The van der Waals surface area contributed by atoms with Crippen molar-refractivity contribution in [2.75, 3.05) is 11.1 Å². The maximum Gasteiger partial charge on any atom is 0.226 e. The number of nitrogens with one attached hydrogen (secondary N) is 1. The van der Waals surface area contributed by atoms with Crippen molar-refractivity contribution in [2.24, 2.45) is 5.92 Å². The minimum atomic E-state index is 0.0211. The number of benzene rings is 1. The van der Waals surface area contributed by atoms with Crippen molar-refractivity contribution < 1.29 is 4.79 Å². The van der Waals surface area contributed by atoms with Gasteiger partial charge < -0.3 is 11.1 Å². The van der Waals surface area contributed by atoms with E-state index in [0.29, 0.717) is 23.2 Å². The third-order valence-electron chi connectivity index (χ3n) is 3.16. The van der Waals surface area contributed by atoms with Crippen LogP contribution >= 0.6 is 11.3 Å². The number of hydrogen-bond acceptors (Lipinski definition) is 4. The van der Waals surface area contributed by atoms with Gasteiger partial charge in [0.25, 0.3) is 0 Å². The molecule has 106 valence electrons. The molecule has 0 aliphatic rings. The second kappa shape index (κ2) is 6.52. The van der Waals surface area contributed by atoms with Crippen LogP contribution in [0.1, 0.15) is 26.7 Å². The Morgan fingerprint density at radius 2 is 2.30 bits per heavy atom. The van der Waals surface area contributed by atoms with Crippen molar-refractivity contribution in [3.05, 3.63) is 29.6 Å². The molecule has 4 nitrogen and oxygen atoms in total. The molecule has 1 heterocycles. The fourth-order valence-electron chi connectivity index (χ4n) is 1.79. The number of aromatic nitrogens is 1. The number of hydrogen-bond donors (Lipinski definition) is 2. The lowest BCUT2D eigenvalue weighted by atomic mass is 10.1. The Hall–Kier alpha value is -1.88. The summed E-state index contributed by atoms with van der Waals surface area (Å²) in [6.45, 7) is 4.15. The van der Waals surface area contributed by atoms with Gasteiger partial charge in [0.15, 0.2) is 5.13 Å². The Labute approximate surface area is 123 Å². The van der Waals surface area contributed by atoms with Crippen LogP contribution in [0, 0.1) is 5.92 Å². The summed E-state index contributed by atoms with van der Waals surface area (Å²) in [5.74, 6) is 0.413. The van der Waals surface area contributed by atoms with Crippen molar-refractivity contribution in [3.8, 4) is 11.3 Å². The monoisotopic (exact) mass is 289 g/mol. The van der Waals surface area contributed by atoms with Gasteiger partial charge in [0.2, 0.25) is 5.91 Å². The predicted molar refractivity (Wildman–Crippen MR) is 84.7 cm³/mol. The molecule has 0 saturated heterocycles. The average molecular weight is 289 g/mol. The van der Waals surface area contributed by atoms with Gasteiger partial charge in [-0.15, -0.1) is 11.3 Å². The van der Waals surface area contributed by atoms with Crippen LogP contribution in [0.4, 0.5) is 10.8 Å². The zero-order valence-electron chi connectivity index (χ0n) is 11.7. The normalized spacial score (nSPS) is 12.1. The van der Waals surface area contributed by atoms with Crippen molar-refractivity contribution in [3.63, 3.8) is 0 Å². The van der Waals surface area contributed by atoms with Crippen molar-refractivity contribution in [1.29, 1.82) is 0 Å². The van der Waals surface area contributed by atoms with E-state index in [9.17, 15) is 4.79 Å². The molecular weight excluding hydrogens is 270 g/mol. The Balaban J connectivity index is 2.04. The van der Waals surface area contributed by atoms with Gasteiger partial charge in [0, 0.05) is 23.1 Å². The van der Waals surface area contributed by atoms with E-state index >= 15 is 0 Å². The Kier molecular flexibility index (Phi) is 4.74. The molecule has 0 radical (unpaired) electrons. The lowest BCUT2D eigenvalue weighted by Gasteiger charge is -2.06. The second-order valence-corrected chi connectivity index (χ2v) is 5.79. The molecule has 1 aromatic carbocycles. The molecule has 5 heteroatoms. The van der Waals surface area contributed by atoms with Crippen LogP contribution in [-0.2, 0) is 4.79 Å². The summed E-state index contributed by atoms with van der Waals surface area (Å²) in [5.41, 5.74) is 8.26. The molecule has 1 aromatic heterocycles. The Morgan fingerprint density at radius 1 is 1.50 bits per heavy atom. The zero-order valence-corrected chi connectivity index (χ0v) is 12.5. The van der Waals surface area contributed by atoms with Gasteiger partial charge in [-0.2, -0.15) is 0 Å². The van der Waals surface area contributed by atoms with Crippen LogP contribution in [0.2, 0.25) is 0 Å². The SMILES string of the molecule is CCC(C)CC(=O)Nc1nc(-c2cccc(N)c2)cs1. The van der Waals surface area contributed by atoms with Crippen LogP contribution in [-0.4, -0.2) is 10.9 Å². The second-order valence-electron chi connectivity index (χ2n) is 4.93. The van der Waals surface area contributed by atoms with Crippen LogP contribution < -0.4 is 11.1 Å².